The molecule has 0 fully saturated rings. The molecule has 24 heavy (non-hydrogen) atoms. The molecule has 0 heterocycles. The summed E-state index contributed by atoms with van der Waals surface area (Å²) < 4.78 is 5.68. The molecule has 0 atom stereocenters. The van der Waals surface area contributed by atoms with Crippen molar-refractivity contribution in [1.82, 2.24) is 0 Å². The number of nitrogens with zero attached hydrogens (tertiary/aromatic N) is 2. The third-order valence-corrected chi connectivity index (χ3v) is 3.59. The number of nitro benzene ring substituents is 1. The largest absolute Gasteiger partial charge is 0.494 e. The van der Waals surface area contributed by atoms with Crippen molar-refractivity contribution in [3.05, 3.63) is 64.2 Å². The maximum absolute atomic E-state index is 11.0. The number of para-hydroxylation sites is 1. The molecule has 0 unspecified atom stereocenters. The Labute approximate surface area is 142 Å². The van der Waals surface area contributed by atoms with Crippen LogP contribution in [0.2, 0.25) is 0 Å². The fraction of sp³-hybridized carbons (Fsp3) is 0.316. The molecule has 0 amide bonds. The first-order valence-corrected chi connectivity index (χ1v) is 8.21. The molecule has 0 aliphatic heterocycles. The maximum Gasteiger partial charge on any atom is 0.278 e. The molecule has 0 radical (unpaired) electrons. The number of rotatable bonds is 9. The van der Waals surface area contributed by atoms with E-state index < -0.39 is 4.92 Å². The second-order valence-corrected chi connectivity index (χ2v) is 5.48. The molecular weight excluding hydrogens is 304 g/mol. The van der Waals surface area contributed by atoms with Crippen molar-refractivity contribution in [3.8, 4) is 5.75 Å². The van der Waals surface area contributed by atoms with Gasteiger partial charge in [0.25, 0.3) is 5.69 Å². The molecule has 5 nitrogen and oxygen atoms in total. The third-order valence-electron chi connectivity index (χ3n) is 3.59. The van der Waals surface area contributed by atoms with Crippen LogP contribution >= 0.6 is 0 Å². The van der Waals surface area contributed by atoms with Gasteiger partial charge < -0.3 is 4.74 Å². The van der Waals surface area contributed by atoms with Gasteiger partial charge in [0, 0.05) is 12.3 Å². The quantitative estimate of drug-likeness (QED) is 0.272. The van der Waals surface area contributed by atoms with E-state index >= 15 is 0 Å². The summed E-state index contributed by atoms with van der Waals surface area (Å²) >= 11 is 0. The minimum Gasteiger partial charge on any atom is -0.494 e. The van der Waals surface area contributed by atoms with E-state index in [4.69, 9.17) is 4.74 Å². The Morgan fingerprint density at radius 3 is 2.54 bits per heavy atom. The predicted octanol–water partition coefficient (Wildman–Crippen LogP) is 5.30. The summed E-state index contributed by atoms with van der Waals surface area (Å²) in [7, 11) is 0. The van der Waals surface area contributed by atoms with Gasteiger partial charge in [-0.3, -0.25) is 15.1 Å². The van der Waals surface area contributed by atoms with Crippen molar-refractivity contribution in [1.29, 1.82) is 0 Å². The van der Waals surface area contributed by atoms with Crippen LogP contribution in [0.5, 0.6) is 5.75 Å². The SMILES string of the molecule is CCCCCCOc1ccc(N=Cc2ccccc2[N+](=O)[O-])cc1. The van der Waals surface area contributed by atoms with Crippen LogP contribution in [0.3, 0.4) is 0 Å². The van der Waals surface area contributed by atoms with Crippen LogP contribution in [0.4, 0.5) is 11.4 Å². The van der Waals surface area contributed by atoms with E-state index in [0.717, 1.165) is 24.5 Å². The smallest absolute Gasteiger partial charge is 0.278 e. The number of unbranched alkanes of at least 4 members (excludes halogenated alkanes) is 3. The molecule has 0 aliphatic rings. The van der Waals surface area contributed by atoms with Crippen LogP contribution in [0.1, 0.15) is 38.2 Å². The summed E-state index contributed by atoms with van der Waals surface area (Å²) in [6.07, 6.45) is 6.22. The number of hydrogen-bond acceptors (Lipinski definition) is 4. The Balaban J connectivity index is 1.93. The molecule has 0 aliphatic carbocycles. The lowest BCUT2D eigenvalue weighted by Gasteiger charge is -2.05. The Bertz CT molecular complexity index is 681. The molecule has 0 saturated heterocycles. The summed E-state index contributed by atoms with van der Waals surface area (Å²) in [4.78, 5) is 14.9. The Morgan fingerprint density at radius 1 is 1.08 bits per heavy atom. The summed E-state index contributed by atoms with van der Waals surface area (Å²) in [6.45, 7) is 2.91. The van der Waals surface area contributed by atoms with Crippen LogP contribution in [0.15, 0.2) is 53.5 Å². The molecule has 0 aromatic heterocycles. The average Bonchev–Trinajstić information content (AvgIpc) is 2.61. The average molecular weight is 326 g/mol. The van der Waals surface area contributed by atoms with Gasteiger partial charge in [-0.15, -0.1) is 0 Å². The zero-order valence-corrected chi connectivity index (χ0v) is 13.9. The standard InChI is InChI=1S/C19H22N2O3/c1-2-3-4-7-14-24-18-12-10-17(11-13-18)20-15-16-8-5-6-9-19(16)21(22)23/h5-6,8-13,15H,2-4,7,14H2,1H3. The fourth-order valence-corrected chi connectivity index (χ4v) is 2.25. The van der Waals surface area contributed by atoms with E-state index in [0.29, 0.717) is 5.56 Å². The van der Waals surface area contributed by atoms with Crippen LogP contribution < -0.4 is 4.74 Å². The van der Waals surface area contributed by atoms with E-state index in [9.17, 15) is 10.1 Å². The van der Waals surface area contributed by atoms with Crippen LogP contribution in [0.25, 0.3) is 0 Å². The Morgan fingerprint density at radius 2 is 1.83 bits per heavy atom. The maximum atomic E-state index is 11.0. The Kier molecular flexibility index (Phi) is 6.95. The van der Waals surface area contributed by atoms with Crippen molar-refractivity contribution in [2.45, 2.75) is 32.6 Å². The van der Waals surface area contributed by atoms with Crippen molar-refractivity contribution in [2.24, 2.45) is 4.99 Å². The summed E-state index contributed by atoms with van der Waals surface area (Å²) in [5.41, 5.74) is 1.26. The lowest BCUT2D eigenvalue weighted by molar-refractivity contribution is -0.385. The van der Waals surface area contributed by atoms with Gasteiger partial charge in [-0.05, 0) is 36.8 Å². The van der Waals surface area contributed by atoms with Crippen molar-refractivity contribution in [3.63, 3.8) is 0 Å². The third kappa shape index (κ3) is 5.50. The molecule has 2 aromatic rings. The molecule has 0 spiro atoms. The minimum absolute atomic E-state index is 0.0493. The minimum atomic E-state index is -0.406. The zero-order valence-electron chi connectivity index (χ0n) is 13.9. The first-order valence-electron chi connectivity index (χ1n) is 8.21. The molecule has 0 saturated carbocycles. The highest BCUT2D eigenvalue weighted by Crippen LogP contribution is 2.20. The molecule has 0 bridgehead atoms. The number of benzene rings is 2. The van der Waals surface area contributed by atoms with Crippen molar-refractivity contribution >= 4 is 17.6 Å². The van der Waals surface area contributed by atoms with E-state index in [1.165, 1.54) is 31.5 Å². The second-order valence-electron chi connectivity index (χ2n) is 5.48. The number of hydrogen-bond donors (Lipinski definition) is 0. The summed E-state index contributed by atoms with van der Waals surface area (Å²) in [6, 6.07) is 14.0. The normalized spacial score (nSPS) is 10.9. The predicted molar refractivity (Wildman–Crippen MR) is 96.4 cm³/mol. The number of nitro groups is 1. The lowest BCUT2D eigenvalue weighted by Crippen LogP contribution is -1.96. The van der Waals surface area contributed by atoms with E-state index in [1.54, 1.807) is 18.2 Å². The molecule has 2 aromatic carbocycles. The van der Waals surface area contributed by atoms with Crippen LogP contribution in [-0.4, -0.2) is 17.7 Å². The highest BCUT2D eigenvalue weighted by Gasteiger charge is 2.09. The van der Waals surface area contributed by atoms with Gasteiger partial charge in [-0.2, -0.15) is 0 Å². The zero-order chi connectivity index (χ0) is 17.2. The van der Waals surface area contributed by atoms with Gasteiger partial charge in [0.15, 0.2) is 0 Å². The van der Waals surface area contributed by atoms with Gasteiger partial charge in [-0.25, -0.2) is 0 Å². The number of ether oxygens (including phenoxy) is 1. The first-order chi connectivity index (χ1) is 11.7. The van der Waals surface area contributed by atoms with E-state index in [1.807, 2.05) is 24.3 Å². The number of aliphatic imine (C=N–C) groups is 1. The topological polar surface area (TPSA) is 64.7 Å². The molecular formula is C19H22N2O3. The molecule has 2 rings (SSSR count). The molecule has 0 N–H and O–H groups in total. The first kappa shape index (κ1) is 17.7. The monoisotopic (exact) mass is 326 g/mol. The van der Waals surface area contributed by atoms with E-state index in [2.05, 4.69) is 11.9 Å². The second kappa shape index (κ2) is 9.45. The van der Waals surface area contributed by atoms with Crippen molar-refractivity contribution < 1.29 is 9.66 Å². The van der Waals surface area contributed by atoms with Gasteiger partial charge in [-0.1, -0.05) is 38.3 Å². The summed E-state index contributed by atoms with van der Waals surface area (Å²) in [5.74, 6) is 0.816. The molecule has 5 heteroatoms. The fourth-order valence-electron chi connectivity index (χ4n) is 2.25. The Hall–Kier alpha value is -2.69. The lowest BCUT2D eigenvalue weighted by atomic mass is 10.2. The van der Waals surface area contributed by atoms with Crippen LogP contribution in [-0.2, 0) is 0 Å². The van der Waals surface area contributed by atoms with Gasteiger partial charge in [0.1, 0.15) is 5.75 Å². The van der Waals surface area contributed by atoms with Gasteiger partial charge >= 0.3 is 0 Å². The molecule has 126 valence electrons. The van der Waals surface area contributed by atoms with Crippen LogP contribution in [0, 0.1) is 10.1 Å². The van der Waals surface area contributed by atoms with E-state index in [-0.39, 0.29) is 5.69 Å². The van der Waals surface area contributed by atoms with Crippen molar-refractivity contribution in [2.75, 3.05) is 6.61 Å². The highest BCUT2D eigenvalue weighted by atomic mass is 16.6. The van der Waals surface area contributed by atoms with Gasteiger partial charge in [0.05, 0.1) is 22.8 Å². The van der Waals surface area contributed by atoms with Gasteiger partial charge in [0.2, 0.25) is 0 Å². The summed E-state index contributed by atoms with van der Waals surface area (Å²) in [5, 5.41) is 11.0. The highest BCUT2D eigenvalue weighted by molar-refractivity contribution is 5.86.